The van der Waals surface area contributed by atoms with Crippen LogP contribution in [0.3, 0.4) is 0 Å². The average molecular weight is 574 g/mol. The van der Waals surface area contributed by atoms with E-state index in [9.17, 15) is 22.8 Å². The van der Waals surface area contributed by atoms with Crippen LogP contribution in [0.2, 0.25) is 0 Å². The van der Waals surface area contributed by atoms with Crippen molar-refractivity contribution in [3.63, 3.8) is 0 Å². The lowest BCUT2D eigenvalue weighted by atomic mass is 9.83. The van der Waals surface area contributed by atoms with Crippen LogP contribution >= 0.6 is 0 Å². The number of nitrogens with one attached hydrogen (secondary N) is 1. The van der Waals surface area contributed by atoms with E-state index in [1.807, 2.05) is 0 Å². The predicted molar refractivity (Wildman–Crippen MR) is 145 cm³/mol. The molecule has 12 heteroatoms. The maximum atomic E-state index is 13.0. The molecule has 1 aliphatic rings. The summed E-state index contributed by atoms with van der Waals surface area (Å²) in [4.78, 5) is 38.9. The number of ether oxygens (including phenoxy) is 2. The van der Waals surface area contributed by atoms with Gasteiger partial charge in [0.15, 0.2) is 23.2 Å². The summed E-state index contributed by atoms with van der Waals surface area (Å²) in [7, 11) is 3.12. The number of guanidine groups is 1. The number of carboxylic acid groups (broad SMARTS) is 1. The molecule has 2 rings (SSSR count). The molecule has 1 aliphatic carbocycles. The van der Waals surface area contributed by atoms with Crippen LogP contribution in [0.15, 0.2) is 23.2 Å². The zero-order valence-corrected chi connectivity index (χ0v) is 23.7. The van der Waals surface area contributed by atoms with Gasteiger partial charge < -0.3 is 20.3 Å². The van der Waals surface area contributed by atoms with Crippen molar-refractivity contribution in [1.82, 2.24) is 5.32 Å². The fraction of sp³-hybridized carbons (Fsp3) is 0.643. The van der Waals surface area contributed by atoms with Crippen molar-refractivity contribution in [1.29, 1.82) is 0 Å². The molecule has 0 aliphatic heterocycles. The third kappa shape index (κ3) is 13.2. The van der Waals surface area contributed by atoms with Crippen molar-refractivity contribution in [3.8, 4) is 11.5 Å². The number of nitrogens with two attached hydrogens (primary N) is 1. The lowest BCUT2D eigenvalue weighted by Gasteiger charge is -2.24. The number of rotatable bonds is 12. The number of hydrogen-bond donors (Lipinski definition) is 3. The Morgan fingerprint density at radius 1 is 1.12 bits per heavy atom. The molecular weight excluding hydrogens is 531 g/mol. The molecule has 0 spiro atoms. The SMILES string of the molecule is CC[C@H](C)CCC(=O)[C@@H](CC1CCCCC1)N=C(N)NC(=O)Cc1ccc(OC)c(OC)c1.O=C(O)C(F)(F)F. The van der Waals surface area contributed by atoms with Gasteiger partial charge >= 0.3 is 12.1 Å². The molecule has 0 aromatic heterocycles. The van der Waals surface area contributed by atoms with E-state index in [0.717, 1.165) is 31.2 Å². The number of carboxylic acids is 1. The van der Waals surface area contributed by atoms with Crippen LogP contribution in [-0.2, 0) is 20.8 Å². The van der Waals surface area contributed by atoms with Crippen LogP contribution in [0, 0.1) is 11.8 Å². The maximum Gasteiger partial charge on any atom is 0.490 e. The molecule has 1 aromatic carbocycles. The molecule has 226 valence electrons. The largest absolute Gasteiger partial charge is 0.493 e. The summed E-state index contributed by atoms with van der Waals surface area (Å²) in [6.45, 7) is 4.30. The molecule has 1 saturated carbocycles. The molecule has 0 radical (unpaired) electrons. The summed E-state index contributed by atoms with van der Waals surface area (Å²) in [5.74, 6) is -0.745. The molecule has 2 atom stereocenters. The summed E-state index contributed by atoms with van der Waals surface area (Å²) in [5, 5.41) is 9.78. The van der Waals surface area contributed by atoms with Gasteiger partial charge in [0.2, 0.25) is 5.91 Å². The minimum Gasteiger partial charge on any atom is -0.493 e. The van der Waals surface area contributed by atoms with Gasteiger partial charge in [0.1, 0.15) is 6.04 Å². The number of carbonyl (C=O) groups excluding carboxylic acids is 2. The second-order valence-electron chi connectivity index (χ2n) is 10.0. The zero-order valence-electron chi connectivity index (χ0n) is 23.7. The highest BCUT2D eigenvalue weighted by atomic mass is 19.4. The first-order valence-corrected chi connectivity index (χ1v) is 13.5. The average Bonchev–Trinajstić information content (AvgIpc) is 2.91. The number of amides is 1. The first-order chi connectivity index (χ1) is 18.8. The van der Waals surface area contributed by atoms with E-state index in [0.29, 0.717) is 36.2 Å². The number of alkyl halides is 3. The highest BCUT2D eigenvalue weighted by Crippen LogP contribution is 2.29. The van der Waals surface area contributed by atoms with E-state index < -0.39 is 18.2 Å². The Hall–Kier alpha value is -3.31. The summed E-state index contributed by atoms with van der Waals surface area (Å²) in [5.41, 5.74) is 6.84. The van der Waals surface area contributed by atoms with Crippen molar-refractivity contribution in [2.24, 2.45) is 22.6 Å². The number of benzene rings is 1. The molecule has 0 saturated heterocycles. The third-order valence-electron chi connectivity index (χ3n) is 6.85. The van der Waals surface area contributed by atoms with Gasteiger partial charge in [0.05, 0.1) is 20.6 Å². The number of hydrogen-bond acceptors (Lipinski definition) is 6. The van der Waals surface area contributed by atoms with E-state index in [1.54, 1.807) is 32.4 Å². The molecular formula is C28H42F3N3O6. The predicted octanol–water partition coefficient (Wildman–Crippen LogP) is 5.04. The molecule has 9 nitrogen and oxygen atoms in total. The van der Waals surface area contributed by atoms with Gasteiger partial charge in [-0.1, -0.05) is 58.4 Å². The lowest BCUT2D eigenvalue weighted by molar-refractivity contribution is -0.192. The Bertz CT molecular complexity index is 994. The number of aliphatic imine (C=N–C) groups is 1. The molecule has 4 N–H and O–H groups in total. The van der Waals surface area contributed by atoms with E-state index in [1.165, 1.54) is 19.3 Å². The Morgan fingerprint density at radius 2 is 1.73 bits per heavy atom. The van der Waals surface area contributed by atoms with Crippen LogP contribution in [0.4, 0.5) is 13.2 Å². The summed E-state index contributed by atoms with van der Waals surface area (Å²) in [6.07, 6.45) is 4.11. The summed E-state index contributed by atoms with van der Waals surface area (Å²) in [6, 6.07) is 4.84. The van der Waals surface area contributed by atoms with E-state index in [2.05, 4.69) is 24.2 Å². The normalized spacial score (nSPS) is 15.7. The van der Waals surface area contributed by atoms with Crippen LogP contribution in [0.1, 0.15) is 77.2 Å². The van der Waals surface area contributed by atoms with E-state index in [4.69, 9.17) is 25.1 Å². The monoisotopic (exact) mass is 573 g/mol. The van der Waals surface area contributed by atoms with Crippen LogP contribution in [0.5, 0.6) is 11.5 Å². The van der Waals surface area contributed by atoms with Gasteiger partial charge in [-0.25, -0.2) is 9.79 Å². The zero-order chi connectivity index (χ0) is 30.3. The van der Waals surface area contributed by atoms with Crippen LogP contribution in [-0.4, -0.2) is 55.2 Å². The highest BCUT2D eigenvalue weighted by Gasteiger charge is 2.38. The van der Waals surface area contributed by atoms with Gasteiger partial charge in [-0.2, -0.15) is 13.2 Å². The second kappa shape index (κ2) is 17.4. The molecule has 0 heterocycles. The third-order valence-corrected chi connectivity index (χ3v) is 6.85. The maximum absolute atomic E-state index is 13.0. The van der Waals surface area contributed by atoms with Crippen molar-refractivity contribution in [2.45, 2.75) is 90.3 Å². The second-order valence-corrected chi connectivity index (χ2v) is 10.0. The van der Waals surface area contributed by atoms with Crippen molar-refractivity contribution in [2.75, 3.05) is 14.2 Å². The number of Topliss-reactive ketones (excluding diaryl/α,β-unsaturated/α-hetero) is 1. The van der Waals surface area contributed by atoms with Gasteiger partial charge in [-0.15, -0.1) is 0 Å². The lowest BCUT2D eigenvalue weighted by Crippen LogP contribution is -2.40. The van der Waals surface area contributed by atoms with Crippen LogP contribution in [0.25, 0.3) is 0 Å². The highest BCUT2D eigenvalue weighted by molar-refractivity contribution is 5.98. The minimum atomic E-state index is -5.08. The Labute approximate surface area is 233 Å². The Balaban J connectivity index is 0.00000101. The van der Waals surface area contributed by atoms with Gasteiger partial charge in [-0.3, -0.25) is 14.9 Å². The number of aliphatic carboxylic acids is 1. The number of nitrogens with zero attached hydrogens (tertiary/aromatic N) is 1. The smallest absolute Gasteiger partial charge is 0.490 e. The van der Waals surface area contributed by atoms with E-state index >= 15 is 0 Å². The van der Waals surface area contributed by atoms with Gasteiger partial charge in [0, 0.05) is 6.42 Å². The molecule has 1 amide bonds. The number of halogens is 3. The van der Waals surface area contributed by atoms with Crippen molar-refractivity contribution in [3.05, 3.63) is 23.8 Å². The number of methoxy groups -OCH3 is 2. The molecule has 1 aromatic rings. The fourth-order valence-corrected chi connectivity index (χ4v) is 4.32. The van der Waals surface area contributed by atoms with Crippen molar-refractivity contribution < 1.29 is 42.1 Å². The van der Waals surface area contributed by atoms with Gasteiger partial charge in [0.25, 0.3) is 0 Å². The number of carbonyl (C=O) groups is 3. The van der Waals surface area contributed by atoms with Crippen LogP contribution < -0.4 is 20.5 Å². The minimum absolute atomic E-state index is 0.0122. The molecule has 0 bridgehead atoms. The van der Waals surface area contributed by atoms with E-state index in [-0.39, 0.29) is 24.1 Å². The quantitative estimate of drug-likeness (QED) is 0.235. The Kier molecular flexibility index (Phi) is 15.1. The molecule has 1 fully saturated rings. The summed E-state index contributed by atoms with van der Waals surface area (Å²) >= 11 is 0. The summed E-state index contributed by atoms with van der Waals surface area (Å²) < 4.78 is 42.3. The number of ketones is 1. The topological polar surface area (TPSA) is 140 Å². The first-order valence-electron chi connectivity index (χ1n) is 13.5. The standard InChI is InChI=1S/C26H41N3O4.C2HF3O2/c1-5-18(2)11-13-22(30)21(15-19-9-7-6-8-10-19)28-26(27)29-25(31)17-20-12-14-23(32-3)24(16-20)33-4;3-2(4,5)1(6)7/h12,14,16,18-19,21H,5-11,13,15,17H2,1-4H3,(H3,27,28,29,31);(H,6,7)/t18-,21+;/m0./s1. The Morgan fingerprint density at radius 3 is 2.25 bits per heavy atom. The van der Waals surface area contributed by atoms with Crippen molar-refractivity contribution >= 4 is 23.6 Å². The molecule has 40 heavy (non-hydrogen) atoms. The first kappa shape index (κ1) is 34.7. The van der Waals surface area contributed by atoms with Gasteiger partial charge in [-0.05, 0) is 42.4 Å². The fourth-order valence-electron chi connectivity index (χ4n) is 4.32. The molecule has 0 unspecified atom stereocenters.